The first-order valence-corrected chi connectivity index (χ1v) is 8.66. The van der Waals surface area contributed by atoms with Crippen molar-refractivity contribution < 1.29 is 4.74 Å². The van der Waals surface area contributed by atoms with E-state index in [1.54, 1.807) is 0 Å². The van der Waals surface area contributed by atoms with Crippen molar-refractivity contribution in [1.82, 2.24) is 9.80 Å². The van der Waals surface area contributed by atoms with Gasteiger partial charge in [-0.05, 0) is 50.4 Å². The maximum atomic E-state index is 5.49. The fourth-order valence-corrected chi connectivity index (χ4v) is 4.45. The first kappa shape index (κ1) is 16.0. The van der Waals surface area contributed by atoms with Crippen molar-refractivity contribution in [2.45, 2.75) is 19.3 Å². The Balaban J connectivity index is 1.51. The van der Waals surface area contributed by atoms with Crippen LogP contribution in [0.1, 0.15) is 18.4 Å². The molecule has 0 bridgehead atoms. The summed E-state index contributed by atoms with van der Waals surface area (Å²) in [5.41, 5.74) is 1.97. The van der Waals surface area contributed by atoms with Crippen LogP contribution in [0.5, 0.6) is 0 Å². The molecule has 3 rings (SSSR count). The topological polar surface area (TPSA) is 15.7 Å². The van der Waals surface area contributed by atoms with Gasteiger partial charge in [0.05, 0.1) is 6.61 Å². The lowest BCUT2D eigenvalue weighted by molar-refractivity contribution is 0.0381. The highest BCUT2D eigenvalue weighted by Crippen LogP contribution is 2.44. The lowest BCUT2D eigenvalue weighted by Gasteiger charge is -2.42. The highest BCUT2D eigenvalue weighted by molar-refractivity contribution is 5.15. The summed E-state index contributed by atoms with van der Waals surface area (Å²) in [4.78, 5) is 5.16. The van der Waals surface area contributed by atoms with E-state index in [1.807, 2.05) is 7.11 Å². The van der Waals surface area contributed by atoms with Crippen molar-refractivity contribution in [1.29, 1.82) is 0 Å². The van der Waals surface area contributed by atoms with Crippen molar-refractivity contribution in [2.24, 2.45) is 11.3 Å². The Hall–Kier alpha value is -0.900. The van der Waals surface area contributed by atoms with E-state index in [1.165, 1.54) is 57.5 Å². The zero-order valence-corrected chi connectivity index (χ0v) is 14.1. The molecule has 0 radical (unpaired) electrons. The highest BCUT2D eigenvalue weighted by atomic mass is 16.5. The molecule has 2 saturated heterocycles. The normalized spacial score (nSPS) is 25.8. The minimum atomic E-state index is 0.508. The number of nitrogens with zero attached hydrogens (tertiary/aromatic N) is 2. The van der Waals surface area contributed by atoms with Crippen molar-refractivity contribution >= 4 is 0 Å². The summed E-state index contributed by atoms with van der Waals surface area (Å²) in [6.07, 6.45) is 3.84. The Morgan fingerprint density at radius 1 is 1.18 bits per heavy atom. The largest absolute Gasteiger partial charge is 0.384 e. The molecule has 1 atom stereocenters. The molecule has 3 heteroatoms. The van der Waals surface area contributed by atoms with Crippen LogP contribution in [0.15, 0.2) is 30.3 Å². The smallest absolute Gasteiger partial charge is 0.0508 e. The van der Waals surface area contributed by atoms with E-state index in [4.69, 9.17) is 4.74 Å². The minimum Gasteiger partial charge on any atom is -0.384 e. The molecule has 1 aromatic rings. The Labute approximate surface area is 135 Å². The van der Waals surface area contributed by atoms with Gasteiger partial charge >= 0.3 is 0 Å². The number of hydrogen-bond donors (Lipinski definition) is 0. The van der Waals surface area contributed by atoms with E-state index in [-0.39, 0.29) is 0 Å². The van der Waals surface area contributed by atoms with Gasteiger partial charge in [-0.2, -0.15) is 0 Å². The molecule has 0 unspecified atom stereocenters. The number of ether oxygens (including phenoxy) is 1. The van der Waals surface area contributed by atoms with Gasteiger partial charge in [0.1, 0.15) is 0 Å². The highest BCUT2D eigenvalue weighted by Gasteiger charge is 2.46. The average Bonchev–Trinajstić information content (AvgIpc) is 2.84. The summed E-state index contributed by atoms with van der Waals surface area (Å²) in [5, 5.41) is 0. The van der Waals surface area contributed by atoms with Gasteiger partial charge in [-0.3, -0.25) is 0 Å². The number of piperidine rings is 1. The fraction of sp³-hybridized carbons (Fsp3) is 0.684. The quantitative estimate of drug-likeness (QED) is 0.831. The van der Waals surface area contributed by atoms with Gasteiger partial charge in [-0.15, -0.1) is 0 Å². The third-order valence-electron chi connectivity index (χ3n) is 5.76. The minimum absolute atomic E-state index is 0.508. The van der Waals surface area contributed by atoms with Crippen molar-refractivity contribution in [2.75, 3.05) is 53.5 Å². The maximum absolute atomic E-state index is 5.49. The molecule has 22 heavy (non-hydrogen) atoms. The predicted molar refractivity (Wildman–Crippen MR) is 91.1 cm³/mol. The van der Waals surface area contributed by atoms with Crippen molar-refractivity contribution in [3.05, 3.63) is 35.9 Å². The zero-order valence-electron chi connectivity index (χ0n) is 14.1. The van der Waals surface area contributed by atoms with Crippen LogP contribution in [0, 0.1) is 11.3 Å². The Kier molecular flexibility index (Phi) is 5.17. The molecule has 0 aromatic heterocycles. The molecule has 0 N–H and O–H groups in total. The lowest BCUT2D eigenvalue weighted by Crippen LogP contribution is -2.45. The molecule has 1 spiro atoms. The molecule has 122 valence electrons. The predicted octanol–water partition coefficient (Wildman–Crippen LogP) is 2.52. The summed E-state index contributed by atoms with van der Waals surface area (Å²) in [6.45, 7) is 7.09. The molecular formula is C19H30N2O. The summed E-state index contributed by atoms with van der Waals surface area (Å²) in [5.74, 6) is 0.721. The van der Waals surface area contributed by atoms with E-state index in [2.05, 4.69) is 47.2 Å². The van der Waals surface area contributed by atoms with Crippen LogP contribution >= 0.6 is 0 Å². The Morgan fingerprint density at radius 3 is 2.59 bits per heavy atom. The molecule has 2 heterocycles. The van der Waals surface area contributed by atoms with Gasteiger partial charge in [-0.1, -0.05) is 30.3 Å². The molecular weight excluding hydrogens is 272 g/mol. The third-order valence-corrected chi connectivity index (χ3v) is 5.76. The van der Waals surface area contributed by atoms with Crippen LogP contribution < -0.4 is 0 Å². The van der Waals surface area contributed by atoms with Crippen LogP contribution in [0.25, 0.3) is 0 Å². The van der Waals surface area contributed by atoms with Crippen molar-refractivity contribution in [3.63, 3.8) is 0 Å². The van der Waals surface area contributed by atoms with Gasteiger partial charge in [0.2, 0.25) is 0 Å². The summed E-state index contributed by atoms with van der Waals surface area (Å²) < 4.78 is 5.49. The van der Waals surface area contributed by atoms with E-state index in [0.29, 0.717) is 5.41 Å². The van der Waals surface area contributed by atoms with Gasteiger partial charge in [-0.25, -0.2) is 0 Å². The van der Waals surface area contributed by atoms with Crippen LogP contribution in [0.2, 0.25) is 0 Å². The first-order chi connectivity index (χ1) is 10.7. The second-order valence-corrected chi connectivity index (χ2v) is 7.29. The van der Waals surface area contributed by atoms with Crippen molar-refractivity contribution in [3.8, 4) is 0 Å². The molecule has 0 amide bonds. The molecule has 0 aliphatic carbocycles. The number of benzene rings is 1. The molecule has 1 aromatic carbocycles. The number of likely N-dealkylation sites (tertiary alicyclic amines) is 2. The SMILES string of the molecule is COC[C@@H]1CN(C)CC12CCN(CCc1ccccc1)CC2. The monoisotopic (exact) mass is 302 g/mol. The fourth-order valence-electron chi connectivity index (χ4n) is 4.45. The maximum Gasteiger partial charge on any atom is 0.0508 e. The average molecular weight is 302 g/mol. The molecule has 3 nitrogen and oxygen atoms in total. The molecule has 0 saturated carbocycles. The van der Waals surface area contributed by atoms with Gasteiger partial charge < -0.3 is 14.5 Å². The van der Waals surface area contributed by atoms with Crippen LogP contribution in [0.4, 0.5) is 0 Å². The van der Waals surface area contributed by atoms with Gasteiger partial charge in [0, 0.05) is 32.7 Å². The number of rotatable bonds is 5. The lowest BCUT2D eigenvalue weighted by atomic mass is 9.71. The van der Waals surface area contributed by atoms with Gasteiger partial charge in [0.15, 0.2) is 0 Å². The Morgan fingerprint density at radius 2 is 1.91 bits per heavy atom. The second-order valence-electron chi connectivity index (χ2n) is 7.29. The van der Waals surface area contributed by atoms with Gasteiger partial charge in [0.25, 0.3) is 0 Å². The number of methoxy groups -OCH3 is 1. The van der Waals surface area contributed by atoms with Crippen LogP contribution in [0.3, 0.4) is 0 Å². The van der Waals surface area contributed by atoms with E-state index in [9.17, 15) is 0 Å². The summed E-state index contributed by atoms with van der Waals surface area (Å²) in [6, 6.07) is 10.9. The standard InChI is InChI=1S/C19H30N2O/c1-20-14-18(15-22-2)19(16-20)9-12-21(13-10-19)11-8-17-6-4-3-5-7-17/h3-7,18H,8-16H2,1-2H3/t18-/m0/s1. The first-order valence-electron chi connectivity index (χ1n) is 8.66. The molecule has 2 aliphatic rings. The van der Waals surface area contributed by atoms with E-state index >= 15 is 0 Å². The Bertz CT molecular complexity index is 454. The molecule has 2 aliphatic heterocycles. The summed E-state index contributed by atoms with van der Waals surface area (Å²) >= 11 is 0. The van der Waals surface area contributed by atoms with E-state index < -0.39 is 0 Å². The van der Waals surface area contributed by atoms with Crippen LogP contribution in [-0.2, 0) is 11.2 Å². The van der Waals surface area contributed by atoms with Crippen LogP contribution in [-0.4, -0.2) is 63.3 Å². The zero-order chi connectivity index (χ0) is 15.4. The number of hydrogen-bond acceptors (Lipinski definition) is 3. The molecule has 2 fully saturated rings. The summed E-state index contributed by atoms with van der Waals surface area (Å²) in [7, 11) is 4.11. The van der Waals surface area contributed by atoms with E-state index in [0.717, 1.165) is 12.5 Å². The third kappa shape index (κ3) is 3.53. The second kappa shape index (κ2) is 7.12.